The molecule has 0 atom stereocenters. The summed E-state index contributed by atoms with van der Waals surface area (Å²) in [7, 11) is 0. The zero-order chi connectivity index (χ0) is 15.3. The van der Waals surface area contributed by atoms with E-state index in [-0.39, 0.29) is 12.8 Å². The molecule has 0 aliphatic carbocycles. The topological polar surface area (TPSA) is 41.1 Å². The fourth-order valence-electron chi connectivity index (χ4n) is 2.43. The zero-order valence-electron chi connectivity index (χ0n) is 12.2. The highest BCUT2D eigenvalue weighted by atomic mass is 19.4. The highest BCUT2D eigenvalue weighted by Crippen LogP contribution is 2.34. The standard InChI is InChI=1S/C14H21F3N4/c1-2-5-18-13-9-19-12(8-20-13)10-21-6-3-11(4-7-21)14(15,16)17/h8-9,11H,2-7,10H2,1H3,(H,18,20). The van der Waals surface area contributed by atoms with Gasteiger partial charge in [0, 0.05) is 13.1 Å². The molecule has 4 nitrogen and oxygen atoms in total. The Morgan fingerprint density at radius 3 is 2.48 bits per heavy atom. The van der Waals surface area contributed by atoms with Crippen molar-refractivity contribution < 1.29 is 13.2 Å². The Morgan fingerprint density at radius 2 is 1.95 bits per heavy atom. The molecule has 21 heavy (non-hydrogen) atoms. The van der Waals surface area contributed by atoms with Gasteiger partial charge in [-0.1, -0.05) is 6.92 Å². The smallest absolute Gasteiger partial charge is 0.369 e. The van der Waals surface area contributed by atoms with Gasteiger partial charge in [0.2, 0.25) is 0 Å². The summed E-state index contributed by atoms with van der Waals surface area (Å²) in [5, 5.41) is 3.14. The number of rotatable bonds is 5. The molecule has 7 heteroatoms. The summed E-state index contributed by atoms with van der Waals surface area (Å²) in [6.45, 7) is 4.40. The number of halogens is 3. The van der Waals surface area contributed by atoms with Gasteiger partial charge in [0.25, 0.3) is 0 Å². The summed E-state index contributed by atoms with van der Waals surface area (Å²) >= 11 is 0. The Balaban J connectivity index is 1.80. The second kappa shape index (κ2) is 7.06. The summed E-state index contributed by atoms with van der Waals surface area (Å²) in [4.78, 5) is 10.6. The number of nitrogens with zero attached hydrogens (tertiary/aromatic N) is 3. The van der Waals surface area contributed by atoms with Crippen LogP contribution in [0.15, 0.2) is 12.4 Å². The van der Waals surface area contributed by atoms with Crippen molar-refractivity contribution in [3.63, 3.8) is 0 Å². The number of anilines is 1. The minimum Gasteiger partial charge on any atom is -0.369 e. The average Bonchev–Trinajstić information content (AvgIpc) is 2.46. The van der Waals surface area contributed by atoms with Crippen LogP contribution in [0.1, 0.15) is 31.9 Å². The molecule has 1 aromatic rings. The van der Waals surface area contributed by atoms with Crippen LogP contribution >= 0.6 is 0 Å². The fourth-order valence-corrected chi connectivity index (χ4v) is 2.43. The lowest BCUT2D eigenvalue weighted by atomic mass is 9.96. The fraction of sp³-hybridized carbons (Fsp3) is 0.714. The molecular formula is C14H21F3N4. The molecule has 0 radical (unpaired) electrons. The van der Waals surface area contributed by atoms with E-state index < -0.39 is 12.1 Å². The number of aromatic nitrogens is 2. The minimum absolute atomic E-state index is 0.174. The van der Waals surface area contributed by atoms with Gasteiger partial charge in [0.1, 0.15) is 5.82 Å². The second-order valence-corrected chi connectivity index (χ2v) is 5.41. The van der Waals surface area contributed by atoms with Crippen LogP contribution in [0.2, 0.25) is 0 Å². The van der Waals surface area contributed by atoms with Crippen molar-refractivity contribution in [2.24, 2.45) is 5.92 Å². The van der Waals surface area contributed by atoms with Crippen molar-refractivity contribution in [2.45, 2.75) is 38.9 Å². The van der Waals surface area contributed by atoms with Crippen molar-refractivity contribution in [2.75, 3.05) is 25.0 Å². The van der Waals surface area contributed by atoms with E-state index in [2.05, 4.69) is 22.2 Å². The molecule has 0 aromatic carbocycles. The van der Waals surface area contributed by atoms with Gasteiger partial charge >= 0.3 is 6.18 Å². The molecule has 2 heterocycles. The van der Waals surface area contributed by atoms with Gasteiger partial charge < -0.3 is 5.32 Å². The third kappa shape index (κ3) is 4.84. The molecular weight excluding hydrogens is 281 g/mol. The van der Waals surface area contributed by atoms with E-state index in [1.54, 1.807) is 12.4 Å². The molecule has 1 fully saturated rings. The van der Waals surface area contributed by atoms with Gasteiger partial charge in [-0.2, -0.15) is 13.2 Å². The lowest BCUT2D eigenvalue weighted by molar-refractivity contribution is -0.185. The first-order valence-corrected chi connectivity index (χ1v) is 7.33. The lowest BCUT2D eigenvalue weighted by Crippen LogP contribution is -2.38. The van der Waals surface area contributed by atoms with Gasteiger partial charge in [0.05, 0.1) is 24.0 Å². The molecule has 0 saturated carbocycles. The number of likely N-dealkylation sites (tertiary alicyclic amines) is 1. The van der Waals surface area contributed by atoms with Gasteiger partial charge in [-0.3, -0.25) is 9.88 Å². The molecule has 1 N–H and O–H groups in total. The quantitative estimate of drug-likeness (QED) is 0.907. The highest BCUT2D eigenvalue weighted by Gasteiger charge is 2.40. The van der Waals surface area contributed by atoms with Crippen LogP contribution in [0, 0.1) is 5.92 Å². The van der Waals surface area contributed by atoms with E-state index in [0.717, 1.165) is 24.5 Å². The minimum atomic E-state index is -4.06. The largest absolute Gasteiger partial charge is 0.391 e. The summed E-state index contributed by atoms with van der Waals surface area (Å²) in [5.41, 5.74) is 0.794. The van der Waals surface area contributed by atoms with Crippen LogP contribution < -0.4 is 5.32 Å². The van der Waals surface area contributed by atoms with Crippen LogP contribution in [-0.4, -0.2) is 40.7 Å². The van der Waals surface area contributed by atoms with E-state index in [0.29, 0.717) is 19.6 Å². The molecule has 0 unspecified atom stereocenters. The van der Waals surface area contributed by atoms with E-state index in [4.69, 9.17) is 0 Å². The van der Waals surface area contributed by atoms with Crippen LogP contribution in [0.25, 0.3) is 0 Å². The van der Waals surface area contributed by atoms with Crippen molar-refractivity contribution in [1.29, 1.82) is 0 Å². The van der Waals surface area contributed by atoms with E-state index >= 15 is 0 Å². The summed E-state index contributed by atoms with van der Waals surface area (Å²) in [5.74, 6) is -0.420. The SMILES string of the molecule is CCCNc1cnc(CN2CCC(C(F)(F)F)CC2)cn1. The van der Waals surface area contributed by atoms with Gasteiger partial charge in [-0.05, 0) is 32.4 Å². The third-order valence-corrected chi connectivity index (χ3v) is 3.70. The van der Waals surface area contributed by atoms with E-state index in [1.165, 1.54) is 0 Å². The molecule has 1 aromatic heterocycles. The van der Waals surface area contributed by atoms with Gasteiger partial charge in [0.15, 0.2) is 0 Å². The Morgan fingerprint density at radius 1 is 1.24 bits per heavy atom. The lowest BCUT2D eigenvalue weighted by Gasteiger charge is -2.32. The Hall–Kier alpha value is -1.37. The molecule has 0 bridgehead atoms. The average molecular weight is 302 g/mol. The molecule has 118 valence electrons. The van der Waals surface area contributed by atoms with Crippen molar-refractivity contribution in [3.05, 3.63) is 18.1 Å². The molecule has 0 spiro atoms. The Labute approximate surface area is 122 Å². The number of nitrogens with one attached hydrogen (secondary N) is 1. The van der Waals surface area contributed by atoms with Crippen LogP contribution in [0.4, 0.5) is 19.0 Å². The monoisotopic (exact) mass is 302 g/mol. The Kier molecular flexibility index (Phi) is 5.39. The first-order chi connectivity index (χ1) is 9.99. The first-order valence-electron chi connectivity index (χ1n) is 7.33. The normalized spacial score (nSPS) is 17.9. The van der Waals surface area contributed by atoms with Gasteiger partial charge in [-0.25, -0.2) is 4.98 Å². The van der Waals surface area contributed by atoms with Crippen LogP contribution in [0.3, 0.4) is 0 Å². The van der Waals surface area contributed by atoms with Gasteiger partial charge in [-0.15, -0.1) is 0 Å². The number of hydrogen-bond acceptors (Lipinski definition) is 4. The number of alkyl halides is 3. The van der Waals surface area contributed by atoms with Crippen LogP contribution in [-0.2, 0) is 6.54 Å². The highest BCUT2D eigenvalue weighted by molar-refractivity contribution is 5.30. The molecule has 1 aliphatic rings. The third-order valence-electron chi connectivity index (χ3n) is 3.70. The molecule has 1 saturated heterocycles. The molecule has 1 aliphatic heterocycles. The number of piperidine rings is 1. The summed E-state index contributed by atoms with van der Waals surface area (Å²) in [6.07, 6.45) is 0.664. The predicted octanol–water partition coefficient (Wildman–Crippen LogP) is 3.07. The maximum Gasteiger partial charge on any atom is 0.391 e. The summed E-state index contributed by atoms with van der Waals surface area (Å²) in [6, 6.07) is 0. The maximum absolute atomic E-state index is 12.6. The summed E-state index contributed by atoms with van der Waals surface area (Å²) < 4.78 is 37.8. The number of hydrogen-bond donors (Lipinski definition) is 1. The zero-order valence-corrected chi connectivity index (χ0v) is 12.2. The van der Waals surface area contributed by atoms with Crippen molar-refractivity contribution in [1.82, 2.24) is 14.9 Å². The Bertz CT molecular complexity index is 425. The van der Waals surface area contributed by atoms with E-state index in [1.807, 2.05) is 4.90 Å². The van der Waals surface area contributed by atoms with Crippen LogP contribution in [0.5, 0.6) is 0 Å². The van der Waals surface area contributed by atoms with Crippen molar-refractivity contribution in [3.8, 4) is 0 Å². The maximum atomic E-state index is 12.6. The van der Waals surface area contributed by atoms with Crippen molar-refractivity contribution >= 4 is 5.82 Å². The molecule has 2 rings (SSSR count). The van der Waals surface area contributed by atoms with E-state index in [9.17, 15) is 13.2 Å². The molecule has 0 amide bonds. The first kappa shape index (κ1) is 16.0. The second-order valence-electron chi connectivity index (χ2n) is 5.41. The predicted molar refractivity (Wildman–Crippen MR) is 74.9 cm³/mol.